The van der Waals surface area contributed by atoms with Gasteiger partial charge in [0.2, 0.25) is 11.7 Å². The SMILES string of the molecule is CCCCC(=O)N/N=C/c1cc(OC)c(OCc2ccccc2C)c([N+](=O)[O-])c1. The number of hydrogen-bond donors (Lipinski definition) is 1. The molecule has 0 saturated heterocycles. The third-order valence-corrected chi connectivity index (χ3v) is 4.27. The summed E-state index contributed by atoms with van der Waals surface area (Å²) < 4.78 is 11.0. The van der Waals surface area contributed by atoms with Crippen LogP contribution in [-0.2, 0) is 11.4 Å². The van der Waals surface area contributed by atoms with E-state index < -0.39 is 4.92 Å². The quantitative estimate of drug-likeness (QED) is 0.367. The predicted molar refractivity (Wildman–Crippen MR) is 110 cm³/mol. The second kappa shape index (κ2) is 10.8. The van der Waals surface area contributed by atoms with E-state index in [0.717, 1.165) is 24.0 Å². The molecule has 0 spiro atoms. The van der Waals surface area contributed by atoms with E-state index in [1.54, 1.807) is 6.07 Å². The predicted octanol–water partition coefficient (Wildman–Crippen LogP) is 4.13. The number of carbonyl (C=O) groups is 1. The third kappa shape index (κ3) is 6.31. The summed E-state index contributed by atoms with van der Waals surface area (Å²) in [6.07, 6.45) is 3.39. The fourth-order valence-electron chi connectivity index (χ4n) is 2.61. The number of methoxy groups -OCH3 is 1. The van der Waals surface area contributed by atoms with Gasteiger partial charge in [-0.3, -0.25) is 14.9 Å². The zero-order valence-electron chi connectivity index (χ0n) is 16.8. The van der Waals surface area contributed by atoms with Crippen molar-refractivity contribution in [2.75, 3.05) is 7.11 Å². The summed E-state index contributed by atoms with van der Waals surface area (Å²) in [4.78, 5) is 22.7. The molecule has 8 nitrogen and oxygen atoms in total. The maximum absolute atomic E-state index is 11.6. The minimum Gasteiger partial charge on any atom is -0.493 e. The minimum absolute atomic E-state index is 0.0462. The second-order valence-corrected chi connectivity index (χ2v) is 6.44. The van der Waals surface area contributed by atoms with Crippen LogP contribution in [0.15, 0.2) is 41.5 Å². The summed E-state index contributed by atoms with van der Waals surface area (Å²) in [7, 11) is 1.41. The van der Waals surface area contributed by atoms with Crippen LogP contribution in [-0.4, -0.2) is 24.2 Å². The maximum Gasteiger partial charge on any atom is 0.315 e. The number of rotatable bonds is 10. The number of aryl methyl sites for hydroxylation is 1. The Balaban J connectivity index is 2.22. The Labute approximate surface area is 169 Å². The van der Waals surface area contributed by atoms with Crippen LogP contribution in [0, 0.1) is 17.0 Å². The van der Waals surface area contributed by atoms with Crippen molar-refractivity contribution < 1.29 is 19.2 Å². The molecule has 0 unspecified atom stereocenters. The van der Waals surface area contributed by atoms with Crippen molar-refractivity contribution in [3.8, 4) is 11.5 Å². The summed E-state index contributed by atoms with van der Waals surface area (Å²) in [5, 5.41) is 15.4. The van der Waals surface area contributed by atoms with Crippen molar-refractivity contribution in [1.82, 2.24) is 5.43 Å². The van der Waals surface area contributed by atoms with Crippen LogP contribution in [0.25, 0.3) is 0 Å². The van der Waals surface area contributed by atoms with Crippen LogP contribution in [0.5, 0.6) is 11.5 Å². The molecule has 0 aromatic heterocycles. The molecule has 8 heteroatoms. The van der Waals surface area contributed by atoms with Gasteiger partial charge in [-0.15, -0.1) is 0 Å². The van der Waals surface area contributed by atoms with Gasteiger partial charge in [0.05, 0.1) is 18.2 Å². The molecule has 154 valence electrons. The van der Waals surface area contributed by atoms with Gasteiger partial charge in [0.1, 0.15) is 6.61 Å². The van der Waals surface area contributed by atoms with E-state index in [0.29, 0.717) is 12.0 Å². The number of ether oxygens (including phenoxy) is 2. The van der Waals surface area contributed by atoms with E-state index in [2.05, 4.69) is 10.5 Å². The lowest BCUT2D eigenvalue weighted by molar-refractivity contribution is -0.386. The Morgan fingerprint density at radius 1 is 1.31 bits per heavy atom. The van der Waals surface area contributed by atoms with E-state index in [4.69, 9.17) is 9.47 Å². The van der Waals surface area contributed by atoms with E-state index in [9.17, 15) is 14.9 Å². The Bertz CT molecular complexity index is 896. The molecule has 2 aromatic rings. The highest BCUT2D eigenvalue weighted by Crippen LogP contribution is 2.38. The molecular formula is C21H25N3O5. The largest absolute Gasteiger partial charge is 0.493 e. The number of benzene rings is 2. The highest BCUT2D eigenvalue weighted by molar-refractivity contribution is 5.85. The molecule has 0 aliphatic carbocycles. The van der Waals surface area contributed by atoms with Gasteiger partial charge in [0.15, 0.2) is 5.75 Å². The monoisotopic (exact) mass is 399 g/mol. The molecule has 2 rings (SSSR count). The first-order chi connectivity index (χ1) is 14.0. The summed E-state index contributed by atoms with van der Waals surface area (Å²) in [5.41, 5.74) is 4.52. The van der Waals surface area contributed by atoms with Crippen molar-refractivity contribution in [2.24, 2.45) is 5.10 Å². The molecule has 0 saturated carbocycles. The summed E-state index contributed by atoms with van der Waals surface area (Å²) >= 11 is 0. The first-order valence-electron chi connectivity index (χ1n) is 9.31. The first-order valence-corrected chi connectivity index (χ1v) is 9.31. The van der Waals surface area contributed by atoms with E-state index >= 15 is 0 Å². The summed E-state index contributed by atoms with van der Waals surface area (Å²) in [6.45, 7) is 4.11. The van der Waals surface area contributed by atoms with Crippen LogP contribution in [0.4, 0.5) is 5.69 Å². The smallest absolute Gasteiger partial charge is 0.315 e. The molecule has 1 N–H and O–H groups in total. The lowest BCUT2D eigenvalue weighted by Gasteiger charge is -2.13. The number of nitro groups is 1. The standard InChI is InChI=1S/C21H25N3O5/c1-4-5-10-20(25)23-22-13-16-11-18(24(26)27)21(19(12-16)28-3)29-14-17-9-7-6-8-15(17)2/h6-9,11-13H,4-5,10,14H2,1-3H3,(H,23,25)/b22-13+. The minimum atomic E-state index is -0.535. The summed E-state index contributed by atoms with van der Waals surface area (Å²) in [6, 6.07) is 10.5. The topological polar surface area (TPSA) is 103 Å². The van der Waals surface area contributed by atoms with Crippen LogP contribution in [0.1, 0.15) is 42.9 Å². The van der Waals surface area contributed by atoms with Gasteiger partial charge in [-0.2, -0.15) is 5.10 Å². The Morgan fingerprint density at radius 3 is 2.72 bits per heavy atom. The van der Waals surface area contributed by atoms with Gasteiger partial charge in [-0.05, 0) is 30.5 Å². The fraction of sp³-hybridized carbons (Fsp3) is 0.333. The second-order valence-electron chi connectivity index (χ2n) is 6.44. The molecule has 0 radical (unpaired) electrons. The number of hydrogen-bond acceptors (Lipinski definition) is 6. The summed E-state index contributed by atoms with van der Waals surface area (Å²) in [5.74, 6) is 0.0548. The maximum atomic E-state index is 11.6. The lowest BCUT2D eigenvalue weighted by Crippen LogP contribution is -2.16. The number of hydrazone groups is 1. The van der Waals surface area contributed by atoms with Crippen molar-refractivity contribution >= 4 is 17.8 Å². The fourth-order valence-corrected chi connectivity index (χ4v) is 2.61. The molecule has 2 aromatic carbocycles. The Hall–Kier alpha value is -3.42. The molecule has 1 amide bonds. The van der Waals surface area contributed by atoms with Gasteiger partial charge in [-0.1, -0.05) is 37.6 Å². The van der Waals surface area contributed by atoms with Crippen molar-refractivity contribution in [3.63, 3.8) is 0 Å². The van der Waals surface area contributed by atoms with E-state index in [-0.39, 0.29) is 29.7 Å². The molecule has 0 aliphatic rings. The highest BCUT2D eigenvalue weighted by atomic mass is 16.6. The average Bonchev–Trinajstić information content (AvgIpc) is 2.71. The molecule has 29 heavy (non-hydrogen) atoms. The van der Waals surface area contributed by atoms with E-state index in [1.165, 1.54) is 19.4 Å². The number of nitro benzene ring substituents is 1. The third-order valence-electron chi connectivity index (χ3n) is 4.27. The average molecular weight is 399 g/mol. The van der Waals surface area contributed by atoms with Gasteiger partial charge < -0.3 is 9.47 Å². The number of nitrogens with zero attached hydrogens (tertiary/aromatic N) is 2. The van der Waals surface area contributed by atoms with Crippen molar-refractivity contribution in [1.29, 1.82) is 0 Å². The van der Waals surface area contributed by atoms with Crippen molar-refractivity contribution in [3.05, 3.63) is 63.2 Å². The van der Waals surface area contributed by atoms with Gasteiger partial charge in [0.25, 0.3) is 0 Å². The van der Waals surface area contributed by atoms with Crippen LogP contribution < -0.4 is 14.9 Å². The van der Waals surface area contributed by atoms with Crippen LogP contribution in [0.3, 0.4) is 0 Å². The Kier molecular flexibility index (Phi) is 8.14. The van der Waals surface area contributed by atoms with E-state index in [1.807, 2.05) is 38.1 Å². The normalized spacial score (nSPS) is 10.7. The molecule has 0 atom stereocenters. The number of amides is 1. The van der Waals surface area contributed by atoms with Crippen LogP contribution in [0.2, 0.25) is 0 Å². The van der Waals surface area contributed by atoms with Gasteiger partial charge >= 0.3 is 5.69 Å². The molecule has 0 bridgehead atoms. The van der Waals surface area contributed by atoms with Gasteiger partial charge in [-0.25, -0.2) is 5.43 Å². The van der Waals surface area contributed by atoms with Crippen LogP contribution >= 0.6 is 0 Å². The zero-order chi connectivity index (χ0) is 21.2. The number of carbonyl (C=O) groups excluding carboxylic acids is 1. The molecule has 0 fully saturated rings. The lowest BCUT2D eigenvalue weighted by atomic mass is 10.1. The Morgan fingerprint density at radius 2 is 2.07 bits per heavy atom. The highest BCUT2D eigenvalue weighted by Gasteiger charge is 2.22. The molecule has 0 heterocycles. The zero-order valence-corrected chi connectivity index (χ0v) is 16.8. The number of unbranched alkanes of at least 4 members (excludes halogenated alkanes) is 1. The number of nitrogens with one attached hydrogen (secondary N) is 1. The van der Waals surface area contributed by atoms with Gasteiger partial charge in [0, 0.05) is 18.1 Å². The first kappa shape index (κ1) is 21.9. The molecule has 0 aliphatic heterocycles. The molecular weight excluding hydrogens is 374 g/mol. The van der Waals surface area contributed by atoms with Crippen molar-refractivity contribution in [2.45, 2.75) is 39.7 Å².